The Balaban J connectivity index is 1.94. The molecule has 2 amide bonds. The van der Waals surface area contributed by atoms with E-state index in [1.807, 2.05) is 38.1 Å². The van der Waals surface area contributed by atoms with Crippen molar-refractivity contribution in [1.29, 1.82) is 0 Å². The predicted molar refractivity (Wildman–Crippen MR) is 106 cm³/mol. The molecule has 0 aliphatic rings. The molecule has 138 valence electrons. The molecule has 0 fully saturated rings. The van der Waals surface area contributed by atoms with Gasteiger partial charge in [0.15, 0.2) is 0 Å². The van der Waals surface area contributed by atoms with Crippen molar-refractivity contribution in [2.75, 3.05) is 6.54 Å². The lowest BCUT2D eigenvalue weighted by Crippen LogP contribution is -2.50. The van der Waals surface area contributed by atoms with Crippen LogP contribution in [-0.4, -0.2) is 24.4 Å². The van der Waals surface area contributed by atoms with E-state index in [4.69, 9.17) is 23.2 Å². The van der Waals surface area contributed by atoms with Gasteiger partial charge in [-0.2, -0.15) is 0 Å². The lowest BCUT2D eigenvalue weighted by atomic mass is 10.0. The Morgan fingerprint density at radius 1 is 1.04 bits per heavy atom. The van der Waals surface area contributed by atoms with E-state index in [1.54, 1.807) is 24.3 Å². The first-order valence-corrected chi connectivity index (χ1v) is 9.21. The molecule has 0 radical (unpaired) electrons. The van der Waals surface area contributed by atoms with Crippen molar-refractivity contribution in [2.45, 2.75) is 26.3 Å². The Morgan fingerprint density at radius 2 is 1.77 bits per heavy atom. The molecule has 2 aromatic carbocycles. The zero-order valence-corrected chi connectivity index (χ0v) is 16.3. The van der Waals surface area contributed by atoms with Gasteiger partial charge >= 0.3 is 0 Å². The number of carbonyl (C=O) groups is 2. The highest BCUT2D eigenvalue weighted by Crippen LogP contribution is 2.15. The molecule has 0 saturated heterocycles. The zero-order chi connectivity index (χ0) is 19.1. The summed E-state index contributed by atoms with van der Waals surface area (Å²) in [5, 5.41) is 6.67. The average Bonchev–Trinajstić information content (AvgIpc) is 2.59. The summed E-state index contributed by atoms with van der Waals surface area (Å²) >= 11 is 12.0. The second kappa shape index (κ2) is 9.60. The first-order valence-electron chi connectivity index (χ1n) is 8.46. The van der Waals surface area contributed by atoms with Crippen LogP contribution in [0.4, 0.5) is 0 Å². The van der Waals surface area contributed by atoms with Gasteiger partial charge in [0.1, 0.15) is 6.04 Å². The Bertz CT molecular complexity index is 778. The van der Waals surface area contributed by atoms with E-state index in [2.05, 4.69) is 10.6 Å². The van der Waals surface area contributed by atoms with E-state index in [9.17, 15) is 9.59 Å². The van der Waals surface area contributed by atoms with Gasteiger partial charge in [0, 0.05) is 11.6 Å². The van der Waals surface area contributed by atoms with Crippen molar-refractivity contribution < 1.29 is 9.59 Å². The molecular weight excluding hydrogens is 371 g/mol. The predicted octanol–water partition coefficient (Wildman–Crippen LogP) is 4.11. The van der Waals surface area contributed by atoms with Crippen LogP contribution in [0.25, 0.3) is 0 Å². The van der Waals surface area contributed by atoms with Gasteiger partial charge in [0.05, 0.1) is 10.6 Å². The van der Waals surface area contributed by atoms with Gasteiger partial charge in [0.25, 0.3) is 5.91 Å². The Hall–Kier alpha value is -2.04. The Kier molecular flexibility index (Phi) is 7.49. The first kappa shape index (κ1) is 20.3. The van der Waals surface area contributed by atoms with Crippen LogP contribution < -0.4 is 10.6 Å². The summed E-state index contributed by atoms with van der Waals surface area (Å²) in [4.78, 5) is 24.9. The summed E-state index contributed by atoms with van der Waals surface area (Å²) in [6.45, 7) is 4.23. The maximum Gasteiger partial charge on any atom is 0.253 e. The molecule has 1 atom stereocenters. The molecule has 6 heteroatoms. The highest BCUT2D eigenvalue weighted by Gasteiger charge is 2.25. The summed E-state index contributed by atoms with van der Waals surface area (Å²) in [5.41, 5.74) is 1.39. The first-order chi connectivity index (χ1) is 12.4. The Labute approximate surface area is 163 Å². The molecule has 0 saturated carbocycles. The number of nitrogens with one attached hydrogen (secondary N) is 2. The number of halogens is 2. The highest BCUT2D eigenvalue weighted by atomic mass is 35.5. The fourth-order valence-corrected chi connectivity index (χ4v) is 2.97. The number of hydrogen-bond donors (Lipinski definition) is 2. The number of carbonyl (C=O) groups excluding carboxylic acids is 2. The quantitative estimate of drug-likeness (QED) is 0.744. The van der Waals surface area contributed by atoms with E-state index in [-0.39, 0.29) is 17.7 Å². The highest BCUT2D eigenvalue weighted by molar-refractivity contribution is 6.33. The van der Waals surface area contributed by atoms with Crippen LogP contribution >= 0.6 is 23.2 Å². The third-order valence-corrected chi connectivity index (χ3v) is 4.52. The molecule has 0 aliphatic heterocycles. The van der Waals surface area contributed by atoms with E-state index >= 15 is 0 Å². The molecule has 0 unspecified atom stereocenters. The molecule has 0 heterocycles. The summed E-state index contributed by atoms with van der Waals surface area (Å²) in [6.07, 6.45) is 0.662. The number of amides is 2. The van der Waals surface area contributed by atoms with Crippen LogP contribution in [0.5, 0.6) is 0 Å². The van der Waals surface area contributed by atoms with Gasteiger partial charge in [-0.05, 0) is 42.2 Å². The maximum absolute atomic E-state index is 12.5. The normalized spacial score (nSPS) is 11.9. The summed E-state index contributed by atoms with van der Waals surface area (Å²) < 4.78 is 0. The largest absolute Gasteiger partial charge is 0.354 e. The van der Waals surface area contributed by atoms with Crippen LogP contribution in [0.1, 0.15) is 29.8 Å². The van der Waals surface area contributed by atoms with Crippen molar-refractivity contribution in [3.8, 4) is 0 Å². The van der Waals surface area contributed by atoms with Crippen LogP contribution in [0.2, 0.25) is 10.0 Å². The van der Waals surface area contributed by atoms with Gasteiger partial charge in [-0.3, -0.25) is 9.59 Å². The van der Waals surface area contributed by atoms with Crippen molar-refractivity contribution in [3.63, 3.8) is 0 Å². The van der Waals surface area contributed by atoms with E-state index in [0.717, 1.165) is 5.56 Å². The minimum absolute atomic E-state index is 0.0624. The SMILES string of the molecule is CC(C)[C@H](NC(=O)c1ccccc1Cl)C(=O)NCCc1cccc(Cl)c1. The molecule has 0 spiro atoms. The van der Waals surface area contributed by atoms with Crippen LogP contribution in [0.15, 0.2) is 48.5 Å². The van der Waals surface area contributed by atoms with Crippen molar-refractivity contribution in [1.82, 2.24) is 10.6 Å². The fraction of sp³-hybridized carbons (Fsp3) is 0.300. The molecule has 0 aromatic heterocycles. The van der Waals surface area contributed by atoms with Gasteiger partial charge in [0.2, 0.25) is 5.91 Å². The molecule has 0 bridgehead atoms. The molecule has 4 nitrogen and oxygen atoms in total. The number of rotatable bonds is 7. The topological polar surface area (TPSA) is 58.2 Å². The van der Waals surface area contributed by atoms with Crippen molar-refractivity contribution in [3.05, 3.63) is 69.7 Å². The van der Waals surface area contributed by atoms with Gasteiger partial charge in [-0.1, -0.05) is 61.3 Å². The van der Waals surface area contributed by atoms with E-state index in [0.29, 0.717) is 28.6 Å². The minimum Gasteiger partial charge on any atom is -0.354 e. The molecular formula is C20H22Cl2N2O2. The minimum atomic E-state index is -0.641. The average molecular weight is 393 g/mol. The molecule has 0 aliphatic carbocycles. The molecule has 2 aromatic rings. The summed E-state index contributed by atoms with van der Waals surface area (Å²) in [6, 6.07) is 13.6. The lowest BCUT2D eigenvalue weighted by Gasteiger charge is -2.22. The number of hydrogen-bond acceptors (Lipinski definition) is 2. The van der Waals surface area contributed by atoms with Crippen molar-refractivity contribution in [2.24, 2.45) is 5.92 Å². The van der Waals surface area contributed by atoms with Gasteiger partial charge in [-0.15, -0.1) is 0 Å². The van der Waals surface area contributed by atoms with Gasteiger partial charge in [-0.25, -0.2) is 0 Å². The van der Waals surface area contributed by atoms with Crippen LogP contribution in [-0.2, 0) is 11.2 Å². The second-order valence-corrected chi connectivity index (χ2v) is 7.19. The third-order valence-electron chi connectivity index (χ3n) is 3.96. The standard InChI is InChI=1S/C20H22Cl2N2O2/c1-13(2)18(24-19(25)16-8-3-4-9-17(16)22)20(26)23-11-10-14-6-5-7-15(21)12-14/h3-9,12-13,18H,10-11H2,1-2H3,(H,23,26)(H,24,25)/t18-/m0/s1. The smallest absolute Gasteiger partial charge is 0.253 e. The molecule has 2 N–H and O–H groups in total. The third kappa shape index (κ3) is 5.75. The summed E-state index contributed by atoms with van der Waals surface area (Å²) in [5.74, 6) is -0.644. The van der Waals surface area contributed by atoms with Crippen molar-refractivity contribution >= 4 is 35.0 Å². The van der Waals surface area contributed by atoms with Gasteiger partial charge < -0.3 is 10.6 Å². The second-order valence-electron chi connectivity index (χ2n) is 6.35. The zero-order valence-electron chi connectivity index (χ0n) is 14.8. The molecule has 26 heavy (non-hydrogen) atoms. The monoisotopic (exact) mass is 392 g/mol. The summed E-state index contributed by atoms with van der Waals surface area (Å²) in [7, 11) is 0. The van der Waals surface area contributed by atoms with Crippen LogP contribution in [0.3, 0.4) is 0 Å². The van der Waals surface area contributed by atoms with E-state index < -0.39 is 6.04 Å². The van der Waals surface area contributed by atoms with E-state index in [1.165, 1.54) is 0 Å². The maximum atomic E-state index is 12.5. The lowest BCUT2D eigenvalue weighted by molar-refractivity contribution is -0.123. The molecule has 2 rings (SSSR count). The fourth-order valence-electron chi connectivity index (χ4n) is 2.53. The Morgan fingerprint density at radius 3 is 2.42 bits per heavy atom. The van der Waals surface area contributed by atoms with Crippen LogP contribution in [0, 0.1) is 5.92 Å². The number of benzene rings is 2.